The molecule has 1 aromatic rings. The number of likely N-dealkylation sites (tertiary alicyclic amines) is 1. The summed E-state index contributed by atoms with van der Waals surface area (Å²) < 4.78 is 27.4. The number of benzene rings is 1. The van der Waals surface area contributed by atoms with Gasteiger partial charge in [0, 0.05) is 31.1 Å². The number of piperidine rings is 1. The van der Waals surface area contributed by atoms with Gasteiger partial charge in [-0.25, -0.2) is 8.42 Å². The van der Waals surface area contributed by atoms with Gasteiger partial charge in [-0.3, -0.25) is 4.79 Å². The summed E-state index contributed by atoms with van der Waals surface area (Å²) in [6, 6.07) is 7.77. The fourth-order valence-corrected chi connectivity index (χ4v) is 6.97. The SMILES string of the molecule is Cc1ccc(S(=O)(=O)N2CCC(C(=O)N3C(C)CC4CCCCC43)CC2)cc1. The first-order valence-corrected chi connectivity index (χ1v) is 12.2. The van der Waals surface area contributed by atoms with Crippen molar-refractivity contribution in [2.24, 2.45) is 11.8 Å². The monoisotopic (exact) mass is 404 g/mol. The highest BCUT2D eigenvalue weighted by Gasteiger charge is 2.45. The van der Waals surface area contributed by atoms with Crippen molar-refractivity contribution in [3.8, 4) is 0 Å². The number of fused-ring (bicyclic) bond motifs is 1. The first-order valence-electron chi connectivity index (χ1n) is 10.8. The molecule has 0 bridgehead atoms. The molecule has 2 saturated heterocycles. The minimum Gasteiger partial charge on any atom is -0.336 e. The van der Waals surface area contributed by atoms with Gasteiger partial charge in [-0.15, -0.1) is 0 Å². The third-order valence-corrected chi connectivity index (χ3v) is 8.97. The van der Waals surface area contributed by atoms with Crippen LogP contribution in [0.1, 0.15) is 57.4 Å². The number of sulfonamides is 1. The molecule has 1 aliphatic carbocycles. The van der Waals surface area contributed by atoms with Crippen LogP contribution in [0.15, 0.2) is 29.2 Å². The van der Waals surface area contributed by atoms with Crippen LogP contribution in [0.3, 0.4) is 0 Å². The second kappa shape index (κ2) is 7.79. The fraction of sp³-hybridized carbons (Fsp3) is 0.682. The van der Waals surface area contributed by atoms with E-state index in [1.54, 1.807) is 16.4 Å². The number of carbonyl (C=O) groups excluding carboxylic acids is 1. The van der Waals surface area contributed by atoms with E-state index in [4.69, 9.17) is 0 Å². The van der Waals surface area contributed by atoms with Gasteiger partial charge < -0.3 is 4.90 Å². The van der Waals surface area contributed by atoms with E-state index >= 15 is 0 Å². The third kappa shape index (κ3) is 3.61. The molecule has 2 heterocycles. The Hall–Kier alpha value is -1.40. The first kappa shape index (κ1) is 19.9. The van der Waals surface area contributed by atoms with Gasteiger partial charge in [0.1, 0.15) is 0 Å². The van der Waals surface area contributed by atoms with Crippen LogP contribution < -0.4 is 0 Å². The summed E-state index contributed by atoms with van der Waals surface area (Å²) in [6.07, 6.45) is 7.32. The van der Waals surface area contributed by atoms with E-state index in [2.05, 4.69) is 11.8 Å². The molecule has 3 fully saturated rings. The van der Waals surface area contributed by atoms with Gasteiger partial charge in [0.25, 0.3) is 0 Å². The van der Waals surface area contributed by atoms with Crippen LogP contribution in [0.4, 0.5) is 0 Å². The lowest BCUT2D eigenvalue weighted by Gasteiger charge is -2.38. The molecule has 28 heavy (non-hydrogen) atoms. The largest absolute Gasteiger partial charge is 0.336 e. The van der Waals surface area contributed by atoms with Gasteiger partial charge in [0.2, 0.25) is 15.9 Å². The van der Waals surface area contributed by atoms with Gasteiger partial charge in [-0.2, -0.15) is 4.31 Å². The molecular formula is C22H32N2O3S. The van der Waals surface area contributed by atoms with E-state index in [0.29, 0.717) is 48.8 Å². The van der Waals surface area contributed by atoms with Crippen LogP contribution >= 0.6 is 0 Å². The molecule has 6 heteroatoms. The molecule has 1 saturated carbocycles. The van der Waals surface area contributed by atoms with Crippen molar-refractivity contribution in [1.29, 1.82) is 0 Å². The molecule has 4 rings (SSSR count). The van der Waals surface area contributed by atoms with E-state index < -0.39 is 10.0 Å². The summed E-state index contributed by atoms with van der Waals surface area (Å²) in [6.45, 7) is 5.00. The van der Waals surface area contributed by atoms with Crippen LogP contribution in [0.2, 0.25) is 0 Å². The van der Waals surface area contributed by atoms with Crippen LogP contribution in [-0.2, 0) is 14.8 Å². The predicted molar refractivity (Wildman–Crippen MR) is 109 cm³/mol. The molecule has 3 aliphatic rings. The average Bonchev–Trinajstić information content (AvgIpc) is 3.03. The number of nitrogens with zero attached hydrogens (tertiary/aromatic N) is 2. The highest BCUT2D eigenvalue weighted by molar-refractivity contribution is 7.89. The molecule has 154 valence electrons. The highest BCUT2D eigenvalue weighted by Crippen LogP contribution is 2.41. The Kier molecular flexibility index (Phi) is 5.53. The van der Waals surface area contributed by atoms with Gasteiger partial charge in [-0.1, -0.05) is 30.5 Å². The van der Waals surface area contributed by atoms with Crippen molar-refractivity contribution >= 4 is 15.9 Å². The summed E-state index contributed by atoms with van der Waals surface area (Å²) >= 11 is 0. The smallest absolute Gasteiger partial charge is 0.243 e. The lowest BCUT2D eigenvalue weighted by molar-refractivity contribution is -0.140. The number of aryl methyl sites for hydroxylation is 1. The van der Waals surface area contributed by atoms with Gasteiger partial charge in [0.05, 0.1) is 4.90 Å². The topological polar surface area (TPSA) is 57.7 Å². The normalized spacial score (nSPS) is 29.6. The number of hydrogen-bond acceptors (Lipinski definition) is 3. The molecular weight excluding hydrogens is 372 g/mol. The quantitative estimate of drug-likeness (QED) is 0.774. The number of hydrogen-bond donors (Lipinski definition) is 0. The van der Waals surface area contributed by atoms with Crippen molar-refractivity contribution < 1.29 is 13.2 Å². The zero-order valence-electron chi connectivity index (χ0n) is 17.0. The molecule has 0 N–H and O–H groups in total. The van der Waals surface area contributed by atoms with E-state index in [9.17, 15) is 13.2 Å². The van der Waals surface area contributed by atoms with E-state index in [1.807, 2.05) is 19.1 Å². The van der Waals surface area contributed by atoms with Crippen molar-refractivity contribution in [3.63, 3.8) is 0 Å². The highest BCUT2D eigenvalue weighted by atomic mass is 32.2. The zero-order chi connectivity index (χ0) is 19.9. The maximum Gasteiger partial charge on any atom is 0.243 e. The number of rotatable bonds is 3. The molecule has 1 aromatic carbocycles. The second-order valence-corrected chi connectivity index (χ2v) is 10.9. The number of amides is 1. The lowest BCUT2D eigenvalue weighted by atomic mass is 9.84. The third-order valence-electron chi connectivity index (χ3n) is 7.06. The van der Waals surface area contributed by atoms with Gasteiger partial charge in [-0.05, 0) is 64.0 Å². The molecule has 0 spiro atoms. The summed E-state index contributed by atoms with van der Waals surface area (Å²) in [7, 11) is -3.47. The van der Waals surface area contributed by atoms with E-state index in [0.717, 1.165) is 18.4 Å². The molecule has 0 aromatic heterocycles. The van der Waals surface area contributed by atoms with Gasteiger partial charge in [0.15, 0.2) is 0 Å². The van der Waals surface area contributed by atoms with Crippen LogP contribution in [0, 0.1) is 18.8 Å². The molecule has 0 radical (unpaired) electrons. The summed E-state index contributed by atoms with van der Waals surface area (Å²) in [4.78, 5) is 15.8. The van der Waals surface area contributed by atoms with Crippen molar-refractivity contribution in [2.45, 2.75) is 75.8 Å². The lowest BCUT2D eigenvalue weighted by Crippen LogP contribution is -2.48. The van der Waals surface area contributed by atoms with Crippen molar-refractivity contribution in [2.75, 3.05) is 13.1 Å². The Balaban J connectivity index is 1.41. The Morgan fingerprint density at radius 3 is 2.32 bits per heavy atom. The van der Waals surface area contributed by atoms with Crippen LogP contribution in [0.25, 0.3) is 0 Å². The molecule has 5 nitrogen and oxygen atoms in total. The molecule has 3 unspecified atom stereocenters. The Bertz CT molecular complexity index is 813. The Morgan fingerprint density at radius 1 is 1.00 bits per heavy atom. The maximum atomic E-state index is 13.3. The average molecular weight is 405 g/mol. The minimum absolute atomic E-state index is 0.0346. The zero-order valence-corrected chi connectivity index (χ0v) is 17.8. The fourth-order valence-electron chi connectivity index (χ4n) is 5.50. The molecule has 2 aliphatic heterocycles. The summed E-state index contributed by atoms with van der Waals surface area (Å²) in [5, 5.41) is 0. The molecule has 1 amide bonds. The maximum absolute atomic E-state index is 13.3. The van der Waals surface area contributed by atoms with Crippen LogP contribution in [0.5, 0.6) is 0 Å². The van der Waals surface area contributed by atoms with Crippen molar-refractivity contribution in [1.82, 2.24) is 9.21 Å². The van der Waals surface area contributed by atoms with Crippen LogP contribution in [-0.4, -0.2) is 48.7 Å². The predicted octanol–water partition coefficient (Wildman–Crippen LogP) is 3.58. The minimum atomic E-state index is -3.47. The number of carbonyl (C=O) groups is 1. The Labute approximate surface area is 169 Å². The Morgan fingerprint density at radius 2 is 1.64 bits per heavy atom. The van der Waals surface area contributed by atoms with E-state index in [1.165, 1.54) is 19.3 Å². The molecule has 3 atom stereocenters. The summed E-state index contributed by atoms with van der Waals surface area (Å²) in [5.41, 5.74) is 1.05. The first-order chi connectivity index (χ1) is 13.4. The second-order valence-electron chi connectivity index (χ2n) is 8.93. The van der Waals surface area contributed by atoms with Crippen molar-refractivity contribution in [3.05, 3.63) is 29.8 Å². The summed E-state index contributed by atoms with van der Waals surface area (Å²) in [5.74, 6) is 0.914. The van der Waals surface area contributed by atoms with E-state index in [-0.39, 0.29) is 11.8 Å². The standard InChI is InChI=1S/C22H32N2O3S/c1-16-7-9-20(10-8-16)28(26,27)23-13-11-18(12-14-23)22(25)24-17(2)15-19-5-3-4-6-21(19)24/h7-10,17-19,21H,3-6,11-15H2,1-2H3. The van der Waals surface area contributed by atoms with Gasteiger partial charge >= 0.3 is 0 Å².